The van der Waals surface area contributed by atoms with E-state index in [0.717, 1.165) is 12.8 Å². The Labute approximate surface area is 135 Å². The third-order valence-corrected chi connectivity index (χ3v) is 4.98. The van der Waals surface area contributed by atoms with E-state index in [-0.39, 0.29) is 5.92 Å². The first-order valence-electron chi connectivity index (χ1n) is 8.30. The van der Waals surface area contributed by atoms with Crippen LogP contribution in [-0.4, -0.2) is 22.2 Å². The molecule has 0 rings (SSSR count). The summed E-state index contributed by atoms with van der Waals surface area (Å²) in [7, 11) is 0. The van der Waals surface area contributed by atoms with Crippen LogP contribution in [0, 0.1) is 28.6 Å². The van der Waals surface area contributed by atoms with E-state index < -0.39 is 22.8 Å². The lowest BCUT2D eigenvalue weighted by Crippen LogP contribution is -2.34. The molecule has 0 amide bonds. The lowest BCUT2D eigenvalue weighted by molar-refractivity contribution is -0.149. The van der Waals surface area contributed by atoms with Crippen molar-refractivity contribution in [2.45, 2.75) is 74.1 Å². The van der Waals surface area contributed by atoms with Crippen molar-refractivity contribution in [1.29, 1.82) is 0 Å². The molecule has 0 spiro atoms. The number of carbonyl (C=O) groups is 2. The van der Waals surface area contributed by atoms with Gasteiger partial charge in [-0.25, -0.2) is 0 Å². The third kappa shape index (κ3) is 6.37. The molecule has 0 radical (unpaired) electrons. The molecule has 4 heteroatoms. The predicted octanol–water partition coefficient (Wildman–Crippen LogP) is 4.68. The molecule has 2 N–H and O–H groups in total. The molecule has 0 saturated carbocycles. The van der Waals surface area contributed by atoms with Crippen molar-refractivity contribution in [1.82, 2.24) is 0 Å². The van der Waals surface area contributed by atoms with E-state index in [0.29, 0.717) is 24.7 Å². The van der Waals surface area contributed by atoms with Gasteiger partial charge in [0.25, 0.3) is 0 Å². The molecule has 4 nitrogen and oxygen atoms in total. The molecule has 0 heterocycles. The van der Waals surface area contributed by atoms with Gasteiger partial charge in [0.2, 0.25) is 0 Å². The first kappa shape index (κ1) is 20.9. The summed E-state index contributed by atoms with van der Waals surface area (Å²) in [6.45, 7) is 13.4. The Morgan fingerprint density at radius 2 is 1.27 bits per heavy atom. The highest BCUT2D eigenvalue weighted by Crippen LogP contribution is 2.40. The molecule has 0 aromatic carbocycles. The second-order valence-corrected chi connectivity index (χ2v) is 8.27. The van der Waals surface area contributed by atoms with E-state index in [2.05, 4.69) is 20.8 Å². The molecule has 0 aliphatic heterocycles. The van der Waals surface area contributed by atoms with E-state index in [1.54, 1.807) is 27.7 Å². The minimum absolute atomic E-state index is 0.0891. The second-order valence-electron chi connectivity index (χ2n) is 8.27. The molecule has 0 fully saturated rings. The summed E-state index contributed by atoms with van der Waals surface area (Å²) < 4.78 is 0. The quantitative estimate of drug-likeness (QED) is 0.614. The molecule has 2 unspecified atom stereocenters. The topological polar surface area (TPSA) is 74.6 Å². The maximum atomic E-state index is 11.4. The molecular formula is C18H34O4. The zero-order valence-corrected chi connectivity index (χ0v) is 15.3. The van der Waals surface area contributed by atoms with Crippen molar-refractivity contribution in [2.75, 3.05) is 0 Å². The molecule has 22 heavy (non-hydrogen) atoms. The SMILES string of the molecule is CCC(C)CC(C)C(CC(C)(C)C(=O)O)CC(C)(C)C(=O)O. The first-order chi connectivity index (χ1) is 9.83. The van der Waals surface area contributed by atoms with Gasteiger partial charge in [-0.1, -0.05) is 27.2 Å². The third-order valence-electron chi connectivity index (χ3n) is 4.98. The summed E-state index contributed by atoms with van der Waals surface area (Å²) in [5.74, 6) is -0.667. The van der Waals surface area contributed by atoms with Crippen molar-refractivity contribution in [3.8, 4) is 0 Å². The average molecular weight is 314 g/mol. The Hall–Kier alpha value is -1.06. The van der Waals surface area contributed by atoms with Crippen LogP contribution < -0.4 is 0 Å². The monoisotopic (exact) mass is 314 g/mol. The highest BCUT2D eigenvalue weighted by Gasteiger charge is 2.38. The summed E-state index contributed by atoms with van der Waals surface area (Å²) in [4.78, 5) is 22.9. The van der Waals surface area contributed by atoms with Crippen LogP contribution in [0.5, 0.6) is 0 Å². The molecule has 0 aromatic rings. The van der Waals surface area contributed by atoms with Gasteiger partial charge in [-0.2, -0.15) is 0 Å². The summed E-state index contributed by atoms with van der Waals surface area (Å²) in [5.41, 5.74) is -1.66. The van der Waals surface area contributed by atoms with E-state index in [1.165, 1.54) is 0 Å². The number of aliphatic carboxylic acids is 2. The highest BCUT2D eigenvalue weighted by molar-refractivity contribution is 5.74. The fourth-order valence-corrected chi connectivity index (χ4v) is 2.95. The van der Waals surface area contributed by atoms with Gasteiger partial charge in [-0.05, 0) is 64.7 Å². The number of hydrogen-bond donors (Lipinski definition) is 2. The van der Waals surface area contributed by atoms with Gasteiger partial charge in [0.15, 0.2) is 0 Å². The average Bonchev–Trinajstić information content (AvgIpc) is 2.36. The van der Waals surface area contributed by atoms with Gasteiger partial charge in [0.1, 0.15) is 0 Å². The fraction of sp³-hybridized carbons (Fsp3) is 0.889. The molecule has 0 saturated heterocycles. The molecule has 0 aromatic heterocycles. The Bertz CT molecular complexity index is 357. The van der Waals surface area contributed by atoms with Crippen molar-refractivity contribution in [3.63, 3.8) is 0 Å². The van der Waals surface area contributed by atoms with Gasteiger partial charge in [0, 0.05) is 0 Å². The smallest absolute Gasteiger partial charge is 0.309 e. The van der Waals surface area contributed by atoms with Gasteiger partial charge < -0.3 is 10.2 Å². The molecule has 0 aliphatic rings. The lowest BCUT2D eigenvalue weighted by Gasteiger charge is -2.35. The van der Waals surface area contributed by atoms with Crippen LogP contribution in [0.15, 0.2) is 0 Å². The van der Waals surface area contributed by atoms with Gasteiger partial charge in [-0.15, -0.1) is 0 Å². The highest BCUT2D eigenvalue weighted by atomic mass is 16.4. The zero-order chi connectivity index (χ0) is 17.7. The van der Waals surface area contributed by atoms with Crippen LogP contribution in [0.25, 0.3) is 0 Å². The predicted molar refractivity (Wildman–Crippen MR) is 88.8 cm³/mol. The van der Waals surface area contributed by atoms with Crippen LogP contribution in [-0.2, 0) is 9.59 Å². The Morgan fingerprint density at radius 1 is 0.909 bits per heavy atom. The molecule has 0 bridgehead atoms. The maximum Gasteiger partial charge on any atom is 0.309 e. The minimum Gasteiger partial charge on any atom is -0.481 e. The number of hydrogen-bond acceptors (Lipinski definition) is 2. The molecular weight excluding hydrogens is 280 g/mol. The van der Waals surface area contributed by atoms with Gasteiger partial charge in [0.05, 0.1) is 10.8 Å². The normalized spacial score (nSPS) is 15.6. The summed E-state index contributed by atoms with van der Waals surface area (Å²) in [5, 5.41) is 18.8. The Kier molecular flexibility index (Phi) is 7.60. The zero-order valence-electron chi connectivity index (χ0n) is 15.3. The van der Waals surface area contributed by atoms with E-state index in [1.807, 2.05) is 0 Å². The summed E-state index contributed by atoms with van der Waals surface area (Å²) in [6.07, 6.45) is 3.11. The van der Waals surface area contributed by atoms with E-state index in [4.69, 9.17) is 0 Å². The Morgan fingerprint density at radius 3 is 1.55 bits per heavy atom. The molecule has 130 valence electrons. The number of carboxylic acids is 2. The van der Waals surface area contributed by atoms with E-state index >= 15 is 0 Å². The fourth-order valence-electron chi connectivity index (χ4n) is 2.95. The first-order valence-corrected chi connectivity index (χ1v) is 8.30. The van der Waals surface area contributed by atoms with Crippen LogP contribution in [0.2, 0.25) is 0 Å². The Balaban J connectivity index is 5.22. The maximum absolute atomic E-state index is 11.4. The van der Waals surface area contributed by atoms with Crippen molar-refractivity contribution in [2.24, 2.45) is 28.6 Å². The lowest BCUT2D eigenvalue weighted by atomic mass is 9.69. The number of rotatable bonds is 10. The van der Waals surface area contributed by atoms with Crippen molar-refractivity contribution < 1.29 is 19.8 Å². The van der Waals surface area contributed by atoms with Crippen LogP contribution in [0.3, 0.4) is 0 Å². The standard InChI is InChI=1S/C18H34O4/c1-8-12(2)9-13(3)14(10-17(4,5)15(19)20)11-18(6,7)16(21)22/h12-14H,8-11H2,1-7H3,(H,19,20)(H,21,22). The molecule has 0 aliphatic carbocycles. The van der Waals surface area contributed by atoms with Crippen LogP contribution >= 0.6 is 0 Å². The summed E-state index contributed by atoms with van der Waals surface area (Å²) in [6, 6.07) is 0. The van der Waals surface area contributed by atoms with Crippen LogP contribution in [0.4, 0.5) is 0 Å². The van der Waals surface area contributed by atoms with Crippen LogP contribution in [0.1, 0.15) is 74.1 Å². The van der Waals surface area contributed by atoms with Crippen molar-refractivity contribution in [3.05, 3.63) is 0 Å². The summed E-state index contributed by atoms with van der Waals surface area (Å²) >= 11 is 0. The number of carboxylic acid groups (broad SMARTS) is 2. The van der Waals surface area contributed by atoms with Gasteiger partial charge in [-0.3, -0.25) is 9.59 Å². The van der Waals surface area contributed by atoms with Gasteiger partial charge >= 0.3 is 11.9 Å². The van der Waals surface area contributed by atoms with E-state index in [9.17, 15) is 19.8 Å². The minimum atomic E-state index is -0.830. The molecule has 2 atom stereocenters. The second kappa shape index (κ2) is 7.98. The largest absolute Gasteiger partial charge is 0.481 e. The van der Waals surface area contributed by atoms with Crippen molar-refractivity contribution >= 4 is 11.9 Å².